The van der Waals surface area contributed by atoms with Crippen LogP contribution in [-0.2, 0) is 4.74 Å². The minimum absolute atomic E-state index is 0.136. The van der Waals surface area contributed by atoms with E-state index >= 15 is 0 Å². The van der Waals surface area contributed by atoms with E-state index < -0.39 is 11.7 Å². The second-order valence-electron chi connectivity index (χ2n) is 5.48. The molecule has 1 aromatic carbocycles. The van der Waals surface area contributed by atoms with Gasteiger partial charge in [0, 0.05) is 11.9 Å². The van der Waals surface area contributed by atoms with Gasteiger partial charge >= 0.3 is 6.09 Å². The summed E-state index contributed by atoms with van der Waals surface area (Å²) < 4.78 is 5.14. The predicted octanol–water partition coefficient (Wildman–Crippen LogP) is 1.27. The van der Waals surface area contributed by atoms with Crippen LogP contribution >= 0.6 is 0 Å². The van der Waals surface area contributed by atoms with Gasteiger partial charge < -0.3 is 21.5 Å². The topological polar surface area (TPSA) is 120 Å². The second-order valence-corrected chi connectivity index (χ2v) is 5.48. The number of nitrogens with two attached hydrogens (primary N) is 3. The van der Waals surface area contributed by atoms with Crippen LogP contribution in [0, 0.1) is 0 Å². The molecule has 0 bridgehead atoms. The Kier molecular flexibility index (Phi) is 5.43. The van der Waals surface area contributed by atoms with Crippen LogP contribution in [0.4, 0.5) is 16.2 Å². The highest BCUT2D eigenvalue weighted by atomic mass is 16.6. The number of amides is 1. The lowest BCUT2D eigenvalue weighted by molar-refractivity contribution is 0.0532. The lowest BCUT2D eigenvalue weighted by Crippen LogP contribution is -2.39. The van der Waals surface area contributed by atoms with Gasteiger partial charge in [0.2, 0.25) is 0 Å². The number of hydrazine groups is 1. The number of carbonyl (C=O) groups is 1. The van der Waals surface area contributed by atoms with Crippen molar-refractivity contribution < 1.29 is 9.53 Å². The van der Waals surface area contributed by atoms with Crippen LogP contribution in [0.1, 0.15) is 20.8 Å². The number of ether oxygens (including phenoxy) is 1. The van der Waals surface area contributed by atoms with Gasteiger partial charge in [0.05, 0.1) is 17.9 Å². The Balaban J connectivity index is 2.66. The summed E-state index contributed by atoms with van der Waals surface area (Å²) in [5, 5.41) is 3.95. The van der Waals surface area contributed by atoms with Gasteiger partial charge in [-0.1, -0.05) is 6.07 Å². The maximum absolute atomic E-state index is 11.6. The van der Waals surface area contributed by atoms with Crippen LogP contribution in [0.5, 0.6) is 0 Å². The lowest BCUT2D eigenvalue weighted by Gasteiger charge is -2.24. The number of nitrogens with one attached hydrogen (secondary N) is 1. The molecule has 21 heavy (non-hydrogen) atoms. The van der Waals surface area contributed by atoms with Gasteiger partial charge in [-0.05, 0) is 39.0 Å². The van der Waals surface area contributed by atoms with Gasteiger partial charge in [-0.15, -0.1) is 0 Å². The summed E-state index contributed by atoms with van der Waals surface area (Å²) in [6, 6.07) is 7.02. The number of nitrogen functional groups attached to an aromatic ring is 1. The number of nitrogens with zero attached hydrogens (tertiary/aromatic N) is 1. The van der Waals surface area contributed by atoms with Crippen LogP contribution in [-0.4, -0.2) is 18.2 Å². The molecule has 0 aliphatic rings. The standard InChI is InChI=1S/C14H23N5O2/c1-14(2,3)21-13(20)18-9-12(8-15)19(17)11-6-4-5-10(16)7-11/h4-8H,9,15-17H2,1-3H3,(H,18,20)/b12-8-. The van der Waals surface area contributed by atoms with Gasteiger partial charge in [0.1, 0.15) is 5.60 Å². The van der Waals surface area contributed by atoms with Crippen LogP contribution < -0.4 is 27.6 Å². The molecule has 0 radical (unpaired) electrons. The van der Waals surface area contributed by atoms with Crippen LogP contribution in [0.25, 0.3) is 0 Å². The number of hydrogen-bond donors (Lipinski definition) is 4. The largest absolute Gasteiger partial charge is 0.444 e. The normalized spacial score (nSPS) is 11.9. The Bertz CT molecular complexity index is 522. The zero-order valence-corrected chi connectivity index (χ0v) is 12.6. The fourth-order valence-electron chi connectivity index (χ4n) is 1.54. The quantitative estimate of drug-likeness (QED) is 0.377. The van der Waals surface area contributed by atoms with Crippen molar-refractivity contribution in [1.29, 1.82) is 0 Å². The van der Waals surface area contributed by atoms with Crippen molar-refractivity contribution >= 4 is 17.5 Å². The van der Waals surface area contributed by atoms with E-state index in [4.69, 9.17) is 22.0 Å². The van der Waals surface area contributed by atoms with Crippen LogP contribution in [0.2, 0.25) is 0 Å². The summed E-state index contributed by atoms with van der Waals surface area (Å²) in [6.45, 7) is 5.49. The SMILES string of the molecule is CC(C)(C)OC(=O)NC/C(=C/N)N(N)c1cccc(N)c1. The lowest BCUT2D eigenvalue weighted by atomic mass is 10.2. The molecule has 0 unspecified atom stereocenters. The fourth-order valence-corrected chi connectivity index (χ4v) is 1.54. The zero-order valence-electron chi connectivity index (χ0n) is 12.6. The van der Waals surface area contributed by atoms with Gasteiger partial charge in [0.25, 0.3) is 0 Å². The molecule has 0 saturated heterocycles. The van der Waals surface area contributed by atoms with Crippen molar-refractivity contribution in [3.63, 3.8) is 0 Å². The Morgan fingerprint density at radius 3 is 2.62 bits per heavy atom. The highest BCUT2D eigenvalue weighted by Gasteiger charge is 2.17. The molecule has 0 aliphatic carbocycles. The number of alkyl carbamates (subject to hydrolysis) is 1. The smallest absolute Gasteiger partial charge is 0.407 e. The van der Waals surface area contributed by atoms with Gasteiger partial charge in [-0.25, -0.2) is 10.6 Å². The third-order valence-electron chi connectivity index (χ3n) is 2.46. The average molecular weight is 293 g/mol. The minimum Gasteiger partial charge on any atom is -0.444 e. The van der Waals surface area contributed by atoms with Crippen molar-refractivity contribution in [3.8, 4) is 0 Å². The predicted molar refractivity (Wildman–Crippen MR) is 84.0 cm³/mol. The van der Waals surface area contributed by atoms with Crippen LogP contribution in [0.3, 0.4) is 0 Å². The Morgan fingerprint density at radius 1 is 1.43 bits per heavy atom. The second kappa shape index (κ2) is 6.85. The van der Waals surface area contributed by atoms with Gasteiger partial charge in [-0.2, -0.15) is 0 Å². The average Bonchev–Trinajstić information content (AvgIpc) is 2.37. The Hall–Kier alpha value is -2.41. The first-order valence-electron chi connectivity index (χ1n) is 6.51. The molecule has 0 heterocycles. The zero-order chi connectivity index (χ0) is 16.0. The number of hydrogen-bond acceptors (Lipinski definition) is 6. The van der Waals surface area contributed by atoms with Crippen molar-refractivity contribution in [2.45, 2.75) is 26.4 Å². The molecule has 7 nitrogen and oxygen atoms in total. The Labute approximate surface area is 124 Å². The number of rotatable bonds is 4. The van der Waals surface area contributed by atoms with Crippen molar-refractivity contribution in [1.82, 2.24) is 5.32 Å². The first-order valence-corrected chi connectivity index (χ1v) is 6.51. The van der Waals surface area contributed by atoms with E-state index in [1.165, 1.54) is 11.2 Å². The molecule has 116 valence electrons. The van der Waals surface area contributed by atoms with E-state index in [1.54, 1.807) is 45.0 Å². The first kappa shape index (κ1) is 16.6. The van der Waals surface area contributed by atoms with E-state index in [2.05, 4.69) is 5.32 Å². The third kappa shape index (κ3) is 5.62. The maximum Gasteiger partial charge on any atom is 0.407 e. The first-order chi connectivity index (χ1) is 9.73. The van der Waals surface area contributed by atoms with E-state index in [0.717, 1.165) is 0 Å². The molecular weight excluding hydrogens is 270 g/mol. The fraction of sp³-hybridized carbons (Fsp3) is 0.357. The minimum atomic E-state index is -0.563. The molecule has 0 atom stereocenters. The summed E-state index contributed by atoms with van der Waals surface area (Å²) >= 11 is 0. The van der Waals surface area contributed by atoms with E-state index in [1.807, 2.05) is 0 Å². The monoisotopic (exact) mass is 293 g/mol. The van der Waals surface area contributed by atoms with Gasteiger partial charge in [0.15, 0.2) is 0 Å². The molecule has 7 N–H and O–H groups in total. The highest BCUT2D eigenvalue weighted by Crippen LogP contribution is 2.17. The molecule has 0 fully saturated rings. The van der Waals surface area contributed by atoms with Crippen molar-refractivity contribution in [2.24, 2.45) is 11.6 Å². The maximum atomic E-state index is 11.6. The highest BCUT2D eigenvalue weighted by molar-refractivity contribution is 5.68. The summed E-state index contributed by atoms with van der Waals surface area (Å²) in [4.78, 5) is 11.6. The molecule has 7 heteroatoms. The number of carbonyl (C=O) groups excluding carboxylic acids is 1. The molecule has 0 aliphatic heterocycles. The van der Waals surface area contributed by atoms with Crippen molar-refractivity contribution in [2.75, 3.05) is 17.3 Å². The van der Waals surface area contributed by atoms with Crippen LogP contribution in [0.15, 0.2) is 36.2 Å². The summed E-state index contributed by atoms with van der Waals surface area (Å²) in [5.41, 5.74) is 12.5. The van der Waals surface area contributed by atoms with E-state index in [-0.39, 0.29) is 6.54 Å². The molecule has 0 spiro atoms. The van der Waals surface area contributed by atoms with E-state index in [9.17, 15) is 4.79 Å². The molecule has 0 saturated carbocycles. The molecule has 1 amide bonds. The number of benzene rings is 1. The Morgan fingerprint density at radius 2 is 2.10 bits per heavy atom. The molecule has 0 aromatic heterocycles. The molecule has 1 rings (SSSR count). The summed E-state index contributed by atoms with van der Waals surface area (Å²) in [7, 11) is 0. The van der Waals surface area contributed by atoms with Gasteiger partial charge in [-0.3, -0.25) is 5.01 Å². The summed E-state index contributed by atoms with van der Waals surface area (Å²) in [5.74, 6) is 5.97. The summed E-state index contributed by atoms with van der Waals surface area (Å²) in [6.07, 6.45) is 0.781. The van der Waals surface area contributed by atoms with Crippen molar-refractivity contribution in [3.05, 3.63) is 36.2 Å². The molecule has 1 aromatic rings. The number of anilines is 2. The third-order valence-corrected chi connectivity index (χ3v) is 2.46. The molecular formula is C14H23N5O2. The van der Waals surface area contributed by atoms with E-state index in [0.29, 0.717) is 17.1 Å².